The lowest BCUT2D eigenvalue weighted by atomic mass is 9.82. The van der Waals surface area contributed by atoms with Crippen LogP contribution in [0, 0.1) is 0 Å². The van der Waals surface area contributed by atoms with Gasteiger partial charge in [0.1, 0.15) is 17.1 Å². The minimum atomic E-state index is -0.980. The van der Waals surface area contributed by atoms with Crippen molar-refractivity contribution in [3.63, 3.8) is 0 Å². The first-order chi connectivity index (χ1) is 19.0. The zero-order chi connectivity index (χ0) is 26.7. The molecule has 2 N–H and O–H groups in total. The summed E-state index contributed by atoms with van der Waals surface area (Å²) in [5.74, 6) is -1.28. The van der Waals surface area contributed by atoms with E-state index in [0.29, 0.717) is 54.4 Å². The number of rotatable bonds is 3. The third-order valence-electron chi connectivity index (χ3n) is 7.10. The average Bonchev–Trinajstić information content (AvgIpc) is 2.95. The van der Waals surface area contributed by atoms with E-state index in [1.807, 2.05) is 42.5 Å². The number of fused-ring (bicyclic) bond motifs is 5. The first-order valence-electron chi connectivity index (χ1n) is 12.3. The summed E-state index contributed by atoms with van der Waals surface area (Å²) in [6.07, 6.45) is 0. The Balaban J connectivity index is 1.70. The van der Waals surface area contributed by atoms with Crippen molar-refractivity contribution in [2.24, 2.45) is 0 Å². The molecule has 2 heterocycles. The molecule has 2 aromatic heterocycles. The summed E-state index contributed by atoms with van der Waals surface area (Å²) in [7, 11) is 0. The second-order valence-corrected chi connectivity index (χ2v) is 9.79. The van der Waals surface area contributed by atoms with Crippen LogP contribution in [0.3, 0.4) is 0 Å². The molecule has 0 saturated carbocycles. The van der Waals surface area contributed by atoms with E-state index in [1.54, 1.807) is 54.6 Å². The zero-order valence-electron chi connectivity index (χ0n) is 20.3. The number of para-hydroxylation sites is 3. The van der Waals surface area contributed by atoms with E-state index >= 15 is 0 Å². The van der Waals surface area contributed by atoms with E-state index in [4.69, 9.17) is 26.0 Å². The third-order valence-corrected chi connectivity index (χ3v) is 7.33. The highest BCUT2D eigenvalue weighted by atomic mass is 35.5. The van der Waals surface area contributed by atoms with Gasteiger partial charge in [-0.15, -0.1) is 0 Å². The summed E-state index contributed by atoms with van der Waals surface area (Å²) in [4.78, 5) is 23.4. The molecule has 188 valence electrons. The van der Waals surface area contributed by atoms with Crippen LogP contribution in [-0.2, 0) is 0 Å². The molecule has 0 fully saturated rings. The molecule has 0 aliphatic carbocycles. The molecule has 0 amide bonds. The molecule has 7 heteroatoms. The van der Waals surface area contributed by atoms with Crippen molar-refractivity contribution in [1.82, 2.24) is 9.97 Å². The van der Waals surface area contributed by atoms with Gasteiger partial charge >= 0.3 is 5.63 Å². The van der Waals surface area contributed by atoms with Crippen LogP contribution in [0.5, 0.6) is 11.5 Å². The van der Waals surface area contributed by atoms with Gasteiger partial charge in [-0.25, -0.2) is 14.8 Å². The largest absolute Gasteiger partial charge is 0.507 e. The van der Waals surface area contributed by atoms with Gasteiger partial charge in [0, 0.05) is 21.4 Å². The standard InChI is InChI=1S/C32H19ClN2O4/c33-18-9-7-8-17(16-18)25(27-31(37)21-12-3-6-15-24(21)39-32(27)38)26-29-28(19-10-1-2-11-20(19)30(26)36)34-22-13-4-5-14-23(22)35-29/h1-16,25,36-37H. The monoisotopic (exact) mass is 530 g/mol. The topological polar surface area (TPSA) is 96.5 Å². The van der Waals surface area contributed by atoms with Crippen LogP contribution < -0.4 is 5.63 Å². The van der Waals surface area contributed by atoms with E-state index in [9.17, 15) is 15.0 Å². The molecule has 5 aromatic carbocycles. The maximum absolute atomic E-state index is 13.6. The number of phenolic OH excluding ortho intramolecular Hbond substituents is 1. The van der Waals surface area contributed by atoms with Crippen molar-refractivity contribution in [2.45, 2.75) is 5.92 Å². The van der Waals surface area contributed by atoms with E-state index in [0.717, 1.165) is 0 Å². The van der Waals surface area contributed by atoms with Crippen molar-refractivity contribution in [3.05, 3.63) is 129 Å². The Kier molecular flexibility index (Phi) is 5.25. The van der Waals surface area contributed by atoms with Gasteiger partial charge in [0.25, 0.3) is 0 Å². The van der Waals surface area contributed by atoms with E-state index in [-0.39, 0.29) is 22.6 Å². The molecule has 0 aliphatic heterocycles. The van der Waals surface area contributed by atoms with Crippen LogP contribution in [0.25, 0.3) is 43.8 Å². The van der Waals surface area contributed by atoms with Crippen LogP contribution in [0.15, 0.2) is 106 Å². The number of aromatic nitrogens is 2. The smallest absolute Gasteiger partial charge is 0.344 e. The quantitative estimate of drug-likeness (QED) is 0.141. The Morgan fingerprint density at radius 3 is 2.03 bits per heavy atom. The van der Waals surface area contributed by atoms with Gasteiger partial charge < -0.3 is 14.6 Å². The lowest BCUT2D eigenvalue weighted by Crippen LogP contribution is -2.16. The molecule has 0 spiro atoms. The molecule has 1 atom stereocenters. The van der Waals surface area contributed by atoms with Gasteiger partial charge in [0.2, 0.25) is 0 Å². The lowest BCUT2D eigenvalue weighted by Gasteiger charge is -2.23. The Labute approximate surface area is 226 Å². The summed E-state index contributed by atoms with van der Waals surface area (Å²) >= 11 is 6.42. The summed E-state index contributed by atoms with van der Waals surface area (Å²) in [5.41, 5.74) is 2.68. The second-order valence-electron chi connectivity index (χ2n) is 9.35. The number of phenols is 1. The van der Waals surface area contributed by atoms with Crippen LogP contribution in [0.4, 0.5) is 0 Å². The maximum atomic E-state index is 13.6. The Morgan fingerprint density at radius 2 is 1.28 bits per heavy atom. The normalized spacial score (nSPS) is 12.4. The fraction of sp³-hybridized carbons (Fsp3) is 0.0312. The zero-order valence-corrected chi connectivity index (χ0v) is 21.1. The number of hydrogen-bond donors (Lipinski definition) is 2. The summed E-state index contributed by atoms with van der Waals surface area (Å²) in [6, 6.07) is 28.6. The lowest BCUT2D eigenvalue weighted by molar-refractivity contribution is 0.451. The summed E-state index contributed by atoms with van der Waals surface area (Å²) in [5, 5.41) is 25.5. The van der Waals surface area contributed by atoms with Crippen molar-refractivity contribution >= 4 is 55.4 Å². The van der Waals surface area contributed by atoms with Gasteiger partial charge in [-0.3, -0.25) is 0 Å². The highest BCUT2D eigenvalue weighted by Gasteiger charge is 2.32. The minimum Gasteiger partial charge on any atom is -0.507 e. The van der Waals surface area contributed by atoms with Gasteiger partial charge in [-0.05, 0) is 42.0 Å². The fourth-order valence-corrected chi connectivity index (χ4v) is 5.57. The number of benzene rings is 5. The molecular weight excluding hydrogens is 512 g/mol. The van der Waals surface area contributed by atoms with E-state index in [2.05, 4.69) is 0 Å². The molecule has 7 aromatic rings. The Bertz CT molecular complexity index is 2160. The SMILES string of the molecule is O=c1oc2ccccc2c(O)c1C(c1cccc(Cl)c1)c1c(O)c2ccccc2c2nc3ccccc3nc12. The second kappa shape index (κ2) is 8.82. The first kappa shape index (κ1) is 23.2. The molecule has 0 saturated heterocycles. The number of nitrogens with zero attached hydrogens (tertiary/aromatic N) is 2. The van der Waals surface area contributed by atoms with Crippen LogP contribution in [-0.4, -0.2) is 20.2 Å². The predicted molar refractivity (Wildman–Crippen MR) is 153 cm³/mol. The third kappa shape index (κ3) is 3.60. The van der Waals surface area contributed by atoms with Crippen molar-refractivity contribution < 1.29 is 14.6 Å². The van der Waals surface area contributed by atoms with Crippen molar-refractivity contribution in [3.8, 4) is 11.5 Å². The first-order valence-corrected chi connectivity index (χ1v) is 12.7. The number of halogens is 1. The average molecular weight is 531 g/mol. The molecule has 39 heavy (non-hydrogen) atoms. The van der Waals surface area contributed by atoms with E-state index in [1.165, 1.54) is 0 Å². The Hall–Kier alpha value is -4.94. The molecule has 0 bridgehead atoms. The predicted octanol–water partition coefficient (Wildman–Crippen LogP) is 7.29. The number of aromatic hydroxyl groups is 2. The molecule has 0 radical (unpaired) electrons. The Morgan fingerprint density at radius 1 is 0.667 bits per heavy atom. The van der Waals surface area contributed by atoms with Gasteiger partial charge in [0.15, 0.2) is 0 Å². The summed E-state index contributed by atoms with van der Waals surface area (Å²) in [6.45, 7) is 0. The van der Waals surface area contributed by atoms with E-state index < -0.39 is 11.5 Å². The molecule has 0 aliphatic rings. The van der Waals surface area contributed by atoms with Crippen molar-refractivity contribution in [1.29, 1.82) is 0 Å². The van der Waals surface area contributed by atoms with Gasteiger partial charge in [-0.2, -0.15) is 0 Å². The summed E-state index contributed by atoms with van der Waals surface area (Å²) < 4.78 is 5.67. The van der Waals surface area contributed by atoms with Crippen molar-refractivity contribution in [2.75, 3.05) is 0 Å². The minimum absolute atomic E-state index is 0.0298. The molecular formula is C32H19ClN2O4. The molecule has 6 nitrogen and oxygen atoms in total. The fourth-order valence-electron chi connectivity index (χ4n) is 5.37. The van der Waals surface area contributed by atoms with Crippen LogP contribution in [0.1, 0.15) is 22.6 Å². The van der Waals surface area contributed by atoms with Crippen LogP contribution >= 0.6 is 11.6 Å². The molecule has 7 rings (SSSR count). The maximum Gasteiger partial charge on any atom is 0.344 e. The van der Waals surface area contributed by atoms with Gasteiger partial charge in [0.05, 0.1) is 38.9 Å². The molecule has 1 unspecified atom stereocenters. The highest BCUT2D eigenvalue weighted by molar-refractivity contribution is 6.30. The van der Waals surface area contributed by atoms with Gasteiger partial charge in [-0.1, -0.05) is 72.3 Å². The van der Waals surface area contributed by atoms with Crippen LogP contribution in [0.2, 0.25) is 5.02 Å². The number of hydrogen-bond acceptors (Lipinski definition) is 6. The highest BCUT2D eigenvalue weighted by Crippen LogP contribution is 2.47.